The van der Waals surface area contributed by atoms with E-state index in [1.807, 2.05) is 14.1 Å². The van der Waals surface area contributed by atoms with Gasteiger partial charge in [-0.2, -0.15) is 0 Å². The third kappa shape index (κ3) is 2.39. The highest BCUT2D eigenvalue weighted by molar-refractivity contribution is 5.89. The first-order valence-electron chi connectivity index (χ1n) is 7.91. The fraction of sp³-hybridized carbons (Fsp3) is 0.938. The van der Waals surface area contributed by atoms with Crippen molar-refractivity contribution in [3.8, 4) is 0 Å². The number of fused-ring (bicyclic) bond motifs is 1. The fourth-order valence-electron chi connectivity index (χ4n) is 3.64. The highest BCUT2D eigenvalue weighted by Crippen LogP contribution is 2.57. The number of nitrogens with two attached hydrogens (primary N) is 1. The van der Waals surface area contributed by atoms with Crippen molar-refractivity contribution in [3.05, 3.63) is 0 Å². The number of amides is 1. The lowest BCUT2D eigenvalue weighted by Crippen LogP contribution is -2.82. The number of rotatable bonds is 4. The van der Waals surface area contributed by atoms with Crippen molar-refractivity contribution >= 4 is 5.91 Å². The van der Waals surface area contributed by atoms with Crippen LogP contribution in [0.2, 0.25) is 0 Å². The summed E-state index contributed by atoms with van der Waals surface area (Å²) in [6, 6.07) is 0. The minimum atomic E-state index is -0.819. The van der Waals surface area contributed by atoms with Crippen LogP contribution in [0.4, 0.5) is 0 Å². The second-order valence-electron chi connectivity index (χ2n) is 8.02. The predicted octanol–water partition coefficient (Wildman–Crippen LogP) is 0.975. The number of hydrogen-bond acceptors (Lipinski definition) is 4. The Balaban J connectivity index is 2.07. The summed E-state index contributed by atoms with van der Waals surface area (Å²) in [5, 5.41) is 3.07. The summed E-state index contributed by atoms with van der Waals surface area (Å²) in [7, 11) is 4.03. The molecule has 1 aliphatic carbocycles. The van der Waals surface area contributed by atoms with Gasteiger partial charge in [-0.25, -0.2) is 0 Å². The maximum atomic E-state index is 12.8. The Morgan fingerprint density at radius 2 is 2.05 bits per heavy atom. The Morgan fingerprint density at radius 1 is 1.43 bits per heavy atom. The van der Waals surface area contributed by atoms with Crippen LogP contribution >= 0.6 is 0 Å². The van der Waals surface area contributed by atoms with Gasteiger partial charge in [0.2, 0.25) is 5.91 Å². The van der Waals surface area contributed by atoms with Gasteiger partial charge < -0.3 is 20.7 Å². The zero-order chi connectivity index (χ0) is 16.1. The molecule has 1 amide bonds. The van der Waals surface area contributed by atoms with Gasteiger partial charge >= 0.3 is 0 Å². The van der Waals surface area contributed by atoms with Crippen molar-refractivity contribution in [2.75, 3.05) is 27.2 Å². The van der Waals surface area contributed by atoms with E-state index in [1.165, 1.54) is 0 Å². The van der Waals surface area contributed by atoms with E-state index in [1.54, 1.807) is 0 Å². The van der Waals surface area contributed by atoms with Crippen LogP contribution in [0.3, 0.4) is 0 Å². The Kier molecular flexibility index (Phi) is 4.15. The Bertz CT molecular complexity index is 420. The number of hydrogen-bond donors (Lipinski definition) is 2. The van der Waals surface area contributed by atoms with E-state index in [9.17, 15) is 4.79 Å². The summed E-state index contributed by atoms with van der Waals surface area (Å²) in [6.07, 6.45) is 2.09. The molecule has 3 atom stereocenters. The van der Waals surface area contributed by atoms with Gasteiger partial charge in [0.15, 0.2) is 0 Å². The van der Waals surface area contributed by atoms with Crippen LogP contribution in [-0.2, 0) is 9.53 Å². The molecule has 0 aromatic rings. The van der Waals surface area contributed by atoms with Crippen molar-refractivity contribution in [2.24, 2.45) is 17.1 Å². The van der Waals surface area contributed by atoms with Crippen molar-refractivity contribution in [1.29, 1.82) is 0 Å². The molecule has 0 radical (unpaired) electrons. The average molecular weight is 297 g/mol. The summed E-state index contributed by atoms with van der Waals surface area (Å²) in [4.78, 5) is 14.9. The van der Waals surface area contributed by atoms with E-state index < -0.39 is 5.54 Å². The molecule has 0 spiro atoms. The molecule has 0 aromatic carbocycles. The van der Waals surface area contributed by atoms with E-state index in [0.29, 0.717) is 6.54 Å². The third-order valence-corrected chi connectivity index (χ3v) is 5.95. The van der Waals surface area contributed by atoms with Crippen LogP contribution in [0.15, 0.2) is 0 Å². The number of carbonyl (C=O) groups excluding carboxylic acids is 1. The van der Waals surface area contributed by atoms with Crippen LogP contribution in [0.1, 0.15) is 40.5 Å². The van der Waals surface area contributed by atoms with Crippen molar-refractivity contribution in [2.45, 2.75) is 57.7 Å². The molecular weight excluding hydrogens is 266 g/mol. The molecule has 5 nitrogen and oxygen atoms in total. The smallest absolute Gasteiger partial charge is 0.241 e. The number of nitrogens with zero attached hydrogens (tertiary/aromatic N) is 1. The monoisotopic (exact) mass is 297 g/mol. The van der Waals surface area contributed by atoms with Gasteiger partial charge in [-0.05, 0) is 40.8 Å². The molecule has 5 heteroatoms. The number of likely N-dealkylation sites (N-methyl/N-ethyl adjacent to an activating group) is 1. The molecule has 2 fully saturated rings. The summed E-state index contributed by atoms with van der Waals surface area (Å²) < 4.78 is 5.85. The quantitative estimate of drug-likeness (QED) is 0.811. The van der Waals surface area contributed by atoms with E-state index >= 15 is 0 Å². The molecule has 1 heterocycles. The second kappa shape index (κ2) is 5.21. The number of ether oxygens (including phenoxy) is 1. The minimum Gasteiger partial charge on any atom is -0.377 e. The first-order valence-corrected chi connectivity index (χ1v) is 7.91. The summed E-state index contributed by atoms with van der Waals surface area (Å²) in [6.45, 7) is 9.69. The molecule has 2 rings (SSSR count). The Hall–Kier alpha value is -0.650. The van der Waals surface area contributed by atoms with Crippen molar-refractivity contribution in [1.82, 2.24) is 10.2 Å². The molecule has 0 bridgehead atoms. The van der Waals surface area contributed by atoms with E-state index in [0.717, 1.165) is 19.4 Å². The van der Waals surface area contributed by atoms with Crippen LogP contribution in [0.25, 0.3) is 0 Å². The van der Waals surface area contributed by atoms with Gasteiger partial charge in [-0.15, -0.1) is 0 Å². The highest BCUT2D eigenvalue weighted by atomic mass is 16.5. The second-order valence-corrected chi connectivity index (χ2v) is 8.02. The molecule has 0 aromatic heterocycles. The summed E-state index contributed by atoms with van der Waals surface area (Å²) in [5.41, 5.74) is 5.35. The minimum absolute atomic E-state index is 0.0332. The Morgan fingerprint density at radius 3 is 2.62 bits per heavy atom. The average Bonchev–Trinajstić information content (AvgIpc) is 2.43. The van der Waals surface area contributed by atoms with E-state index in [4.69, 9.17) is 10.5 Å². The van der Waals surface area contributed by atoms with Crippen LogP contribution in [0, 0.1) is 11.3 Å². The van der Waals surface area contributed by atoms with Gasteiger partial charge in [0.1, 0.15) is 5.54 Å². The van der Waals surface area contributed by atoms with Crippen LogP contribution < -0.4 is 11.1 Å². The highest BCUT2D eigenvalue weighted by Gasteiger charge is 2.70. The number of nitrogens with one attached hydrogen (secondary N) is 1. The normalized spacial score (nSPS) is 35.0. The molecule has 1 aliphatic heterocycles. The van der Waals surface area contributed by atoms with Gasteiger partial charge in [0.25, 0.3) is 0 Å². The molecule has 122 valence electrons. The van der Waals surface area contributed by atoms with Crippen molar-refractivity contribution < 1.29 is 9.53 Å². The van der Waals surface area contributed by atoms with Crippen molar-refractivity contribution in [3.63, 3.8) is 0 Å². The number of carbonyl (C=O) groups is 1. The third-order valence-electron chi connectivity index (χ3n) is 5.95. The topological polar surface area (TPSA) is 67.6 Å². The predicted molar refractivity (Wildman–Crippen MR) is 83.9 cm³/mol. The molecule has 21 heavy (non-hydrogen) atoms. The first kappa shape index (κ1) is 16.7. The zero-order valence-electron chi connectivity index (χ0n) is 14.3. The largest absolute Gasteiger partial charge is 0.377 e. The first-order chi connectivity index (χ1) is 9.55. The summed E-state index contributed by atoms with van der Waals surface area (Å²) in [5.74, 6) is 0.109. The summed E-state index contributed by atoms with van der Waals surface area (Å²) >= 11 is 0. The van der Waals surface area contributed by atoms with E-state index in [2.05, 4.69) is 37.9 Å². The maximum Gasteiger partial charge on any atom is 0.241 e. The van der Waals surface area contributed by atoms with Crippen LogP contribution in [0.5, 0.6) is 0 Å². The van der Waals surface area contributed by atoms with Gasteiger partial charge in [-0.1, -0.05) is 13.8 Å². The maximum absolute atomic E-state index is 12.8. The lowest BCUT2D eigenvalue weighted by atomic mass is 9.46. The van der Waals surface area contributed by atoms with Gasteiger partial charge in [-0.3, -0.25) is 4.79 Å². The van der Waals surface area contributed by atoms with E-state index in [-0.39, 0.29) is 28.9 Å². The molecule has 1 saturated heterocycles. The van der Waals surface area contributed by atoms with Gasteiger partial charge in [0, 0.05) is 30.0 Å². The standard InChI is InChI=1S/C16H31N3O2/c1-14(2,19(5)6)10-18-13(20)16(17)11-8-7-9-21-12(11)15(16,3)4/h11-12H,7-10,17H2,1-6H3,(H,18,20). The molecule has 3 unspecified atom stereocenters. The molecule has 1 saturated carbocycles. The molecular formula is C16H31N3O2. The SMILES string of the molecule is CN(C)C(C)(C)CNC(=O)C1(N)C2CCCOC2C1(C)C. The lowest BCUT2D eigenvalue weighted by Gasteiger charge is -2.65. The molecule has 3 N–H and O–H groups in total. The lowest BCUT2D eigenvalue weighted by molar-refractivity contribution is -0.225. The Labute approximate surface area is 128 Å². The zero-order valence-corrected chi connectivity index (χ0v) is 14.3. The fourth-order valence-corrected chi connectivity index (χ4v) is 3.64. The van der Waals surface area contributed by atoms with Gasteiger partial charge in [0.05, 0.1) is 6.10 Å². The molecule has 2 aliphatic rings. The van der Waals surface area contributed by atoms with Crippen LogP contribution in [-0.4, -0.2) is 55.2 Å².